The predicted molar refractivity (Wildman–Crippen MR) is 57.9 cm³/mol. The van der Waals surface area contributed by atoms with Gasteiger partial charge in [-0.1, -0.05) is 5.16 Å². The third-order valence-electron chi connectivity index (χ3n) is 2.75. The van der Waals surface area contributed by atoms with Crippen LogP contribution in [0.5, 0.6) is 0 Å². The molecule has 1 aliphatic rings. The number of nitrogens with zero attached hydrogens (tertiary/aromatic N) is 2. The van der Waals surface area contributed by atoms with Gasteiger partial charge in [0, 0.05) is 25.4 Å². The normalized spacial score (nSPS) is 17.8. The van der Waals surface area contributed by atoms with E-state index in [-0.39, 0.29) is 12.3 Å². The lowest BCUT2D eigenvalue weighted by molar-refractivity contribution is -0.136. The first-order valence-electron chi connectivity index (χ1n) is 5.69. The lowest BCUT2D eigenvalue weighted by atomic mass is 10.2. The molecular weight excluding hydrogens is 235 g/mol. The van der Waals surface area contributed by atoms with Crippen molar-refractivity contribution in [1.82, 2.24) is 4.90 Å². The Labute approximate surface area is 98.3 Å². The first kappa shape index (κ1) is 14.1. The standard InChI is InChI=1S/C10H18F3N3O/c11-10(12,13)5-1-6-16(8-2-3-8)7-4-9(14)15-17/h8,17H,1-7H2,(H2,14,15). The molecule has 1 aliphatic carbocycles. The molecule has 100 valence electrons. The zero-order valence-corrected chi connectivity index (χ0v) is 9.58. The van der Waals surface area contributed by atoms with Crippen molar-refractivity contribution in [3.63, 3.8) is 0 Å². The summed E-state index contributed by atoms with van der Waals surface area (Å²) in [6.45, 7) is 0.974. The van der Waals surface area contributed by atoms with E-state index < -0.39 is 12.6 Å². The van der Waals surface area contributed by atoms with E-state index in [4.69, 9.17) is 10.9 Å². The highest BCUT2D eigenvalue weighted by molar-refractivity contribution is 5.79. The third-order valence-corrected chi connectivity index (χ3v) is 2.75. The number of hydrogen-bond acceptors (Lipinski definition) is 3. The van der Waals surface area contributed by atoms with E-state index in [9.17, 15) is 13.2 Å². The summed E-state index contributed by atoms with van der Waals surface area (Å²) in [5, 5.41) is 11.2. The molecule has 0 amide bonds. The van der Waals surface area contributed by atoms with Gasteiger partial charge in [-0.25, -0.2) is 0 Å². The maximum atomic E-state index is 12.0. The maximum Gasteiger partial charge on any atom is 0.389 e. The van der Waals surface area contributed by atoms with Crippen molar-refractivity contribution in [2.24, 2.45) is 10.9 Å². The molecule has 0 aliphatic heterocycles. The van der Waals surface area contributed by atoms with E-state index in [1.807, 2.05) is 4.90 Å². The van der Waals surface area contributed by atoms with E-state index in [1.165, 1.54) is 0 Å². The molecular formula is C10H18F3N3O. The zero-order chi connectivity index (χ0) is 12.9. The molecule has 0 aromatic carbocycles. The van der Waals surface area contributed by atoms with Gasteiger partial charge < -0.3 is 10.9 Å². The van der Waals surface area contributed by atoms with E-state index in [0.717, 1.165) is 12.8 Å². The predicted octanol–water partition coefficient (Wildman–Crippen LogP) is 1.93. The molecule has 0 atom stereocenters. The highest BCUT2D eigenvalue weighted by Crippen LogP contribution is 2.28. The van der Waals surface area contributed by atoms with E-state index in [0.29, 0.717) is 25.6 Å². The summed E-state index contributed by atoms with van der Waals surface area (Å²) in [6.07, 6.45) is -2.28. The molecule has 3 N–H and O–H groups in total. The second-order valence-electron chi connectivity index (χ2n) is 4.33. The zero-order valence-electron chi connectivity index (χ0n) is 9.58. The Balaban J connectivity index is 2.24. The monoisotopic (exact) mass is 253 g/mol. The molecule has 4 nitrogen and oxygen atoms in total. The molecule has 1 saturated carbocycles. The summed E-state index contributed by atoms with van der Waals surface area (Å²) in [4.78, 5) is 1.99. The van der Waals surface area contributed by atoms with Gasteiger partial charge in [-0.2, -0.15) is 13.2 Å². The molecule has 7 heteroatoms. The Kier molecular flexibility index (Phi) is 5.04. The van der Waals surface area contributed by atoms with Crippen LogP contribution >= 0.6 is 0 Å². The third kappa shape index (κ3) is 6.35. The molecule has 0 unspecified atom stereocenters. The number of rotatable bonds is 7. The van der Waals surface area contributed by atoms with E-state index >= 15 is 0 Å². The minimum Gasteiger partial charge on any atom is -0.409 e. The van der Waals surface area contributed by atoms with Gasteiger partial charge in [0.2, 0.25) is 0 Å². The highest BCUT2D eigenvalue weighted by Gasteiger charge is 2.31. The van der Waals surface area contributed by atoms with Crippen LogP contribution in [-0.2, 0) is 0 Å². The number of amidine groups is 1. The summed E-state index contributed by atoms with van der Waals surface area (Å²) < 4.78 is 36.0. The second kappa shape index (κ2) is 6.09. The number of halogens is 3. The van der Waals surface area contributed by atoms with Crippen molar-refractivity contribution >= 4 is 5.84 Å². The summed E-state index contributed by atoms with van der Waals surface area (Å²) >= 11 is 0. The molecule has 0 aromatic heterocycles. The van der Waals surface area contributed by atoms with Crippen LogP contribution in [-0.4, -0.2) is 41.3 Å². The van der Waals surface area contributed by atoms with Crippen LogP contribution in [0.1, 0.15) is 32.1 Å². The fourth-order valence-electron chi connectivity index (χ4n) is 1.71. The van der Waals surface area contributed by atoms with Crippen LogP contribution < -0.4 is 5.73 Å². The van der Waals surface area contributed by atoms with Crippen molar-refractivity contribution in [3.05, 3.63) is 0 Å². The topological polar surface area (TPSA) is 61.8 Å². The summed E-state index contributed by atoms with van der Waals surface area (Å²) in [5.41, 5.74) is 5.33. The van der Waals surface area contributed by atoms with Gasteiger partial charge in [-0.3, -0.25) is 4.90 Å². The van der Waals surface area contributed by atoms with Crippen LogP contribution in [0.4, 0.5) is 13.2 Å². The van der Waals surface area contributed by atoms with Gasteiger partial charge in [0.1, 0.15) is 5.84 Å². The second-order valence-corrected chi connectivity index (χ2v) is 4.33. The number of oxime groups is 1. The Morgan fingerprint density at radius 3 is 2.47 bits per heavy atom. The van der Waals surface area contributed by atoms with Crippen LogP contribution in [0.25, 0.3) is 0 Å². The Hall–Kier alpha value is -0.980. The van der Waals surface area contributed by atoms with E-state index in [1.54, 1.807) is 0 Å². The van der Waals surface area contributed by atoms with Crippen molar-refractivity contribution in [2.45, 2.75) is 44.3 Å². The van der Waals surface area contributed by atoms with Gasteiger partial charge >= 0.3 is 6.18 Å². The quantitative estimate of drug-likeness (QED) is 0.315. The molecule has 1 rings (SSSR count). The molecule has 17 heavy (non-hydrogen) atoms. The van der Waals surface area contributed by atoms with Crippen molar-refractivity contribution in [2.75, 3.05) is 13.1 Å². The smallest absolute Gasteiger partial charge is 0.389 e. The van der Waals surface area contributed by atoms with Gasteiger partial charge in [0.05, 0.1) is 0 Å². The Morgan fingerprint density at radius 1 is 1.35 bits per heavy atom. The van der Waals surface area contributed by atoms with Crippen LogP contribution in [0.15, 0.2) is 5.16 Å². The number of hydrogen-bond donors (Lipinski definition) is 2. The molecule has 0 heterocycles. The summed E-state index contributed by atoms with van der Waals surface area (Å²) in [7, 11) is 0. The van der Waals surface area contributed by atoms with Crippen LogP contribution in [0.3, 0.4) is 0 Å². The van der Waals surface area contributed by atoms with Gasteiger partial charge in [-0.05, 0) is 25.8 Å². The van der Waals surface area contributed by atoms with Gasteiger partial charge in [-0.15, -0.1) is 0 Å². The average molecular weight is 253 g/mol. The first-order valence-corrected chi connectivity index (χ1v) is 5.69. The minimum atomic E-state index is -4.08. The Bertz CT molecular complexity index is 264. The summed E-state index contributed by atoms with van der Waals surface area (Å²) in [5.74, 6) is 0.117. The molecule has 0 bridgehead atoms. The van der Waals surface area contributed by atoms with Crippen LogP contribution in [0, 0.1) is 0 Å². The highest BCUT2D eigenvalue weighted by atomic mass is 19.4. The van der Waals surface area contributed by atoms with Crippen LogP contribution in [0.2, 0.25) is 0 Å². The van der Waals surface area contributed by atoms with Gasteiger partial charge in [0.25, 0.3) is 0 Å². The van der Waals surface area contributed by atoms with E-state index in [2.05, 4.69) is 5.16 Å². The lowest BCUT2D eigenvalue weighted by Gasteiger charge is -2.21. The van der Waals surface area contributed by atoms with Crippen molar-refractivity contribution < 1.29 is 18.4 Å². The minimum absolute atomic E-state index is 0.107. The molecule has 0 saturated heterocycles. The van der Waals surface area contributed by atoms with Crippen molar-refractivity contribution in [3.8, 4) is 0 Å². The SMILES string of the molecule is NC(CCN(CCCC(F)(F)F)C1CC1)=NO. The largest absolute Gasteiger partial charge is 0.409 e. The Morgan fingerprint density at radius 2 is 2.00 bits per heavy atom. The number of nitrogens with two attached hydrogens (primary N) is 1. The lowest BCUT2D eigenvalue weighted by Crippen LogP contribution is -2.31. The van der Waals surface area contributed by atoms with Gasteiger partial charge in [0.15, 0.2) is 0 Å². The van der Waals surface area contributed by atoms with Crippen molar-refractivity contribution in [1.29, 1.82) is 0 Å². The maximum absolute atomic E-state index is 12.0. The fourth-order valence-corrected chi connectivity index (χ4v) is 1.71. The fraction of sp³-hybridized carbons (Fsp3) is 0.900. The molecule has 0 spiro atoms. The summed E-state index contributed by atoms with van der Waals surface area (Å²) in [6, 6.07) is 0.384. The molecule has 1 fully saturated rings. The molecule has 0 radical (unpaired) electrons. The first-order chi connectivity index (χ1) is 7.92. The number of alkyl halides is 3. The average Bonchev–Trinajstić information content (AvgIpc) is 3.04. The molecule has 0 aromatic rings.